The molecular formula is C41H77NO8P+. The zero-order valence-corrected chi connectivity index (χ0v) is 34.2. The molecule has 1 unspecified atom stereocenters. The molecule has 0 aromatic rings. The maximum atomic E-state index is 12.6. The minimum atomic E-state index is -4.37. The summed E-state index contributed by atoms with van der Waals surface area (Å²) in [4.78, 5) is 35.2. The van der Waals surface area contributed by atoms with E-state index in [0.717, 1.165) is 77.0 Å². The molecule has 0 spiro atoms. The molecule has 10 heteroatoms. The molecule has 0 aliphatic rings. The van der Waals surface area contributed by atoms with E-state index in [2.05, 4.69) is 50.3 Å². The Labute approximate surface area is 312 Å². The molecule has 1 N–H and O–H groups in total. The number of ether oxygens (including phenoxy) is 2. The molecular weight excluding hydrogens is 665 g/mol. The lowest BCUT2D eigenvalue weighted by atomic mass is 10.1. The molecule has 51 heavy (non-hydrogen) atoms. The molecule has 0 fully saturated rings. The highest BCUT2D eigenvalue weighted by molar-refractivity contribution is 7.47. The van der Waals surface area contributed by atoms with Gasteiger partial charge in [-0.25, -0.2) is 4.57 Å². The molecule has 0 bridgehead atoms. The minimum absolute atomic E-state index is 0.0271. The molecule has 0 aliphatic carbocycles. The summed E-state index contributed by atoms with van der Waals surface area (Å²) in [6.07, 6.45) is 36.1. The van der Waals surface area contributed by atoms with E-state index in [9.17, 15) is 19.0 Å². The van der Waals surface area contributed by atoms with Gasteiger partial charge in [0.1, 0.15) is 19.8 Å². The van der Waals surface area contributed by atoms with Crippen molar-refractivity contribution >= 4 is 19.8 Å². The first-order valence-electron chi connectivity index (χ1n) is 20.2. The van der Waals surface area contributed by atoms with Crippen LogP contribution in [0.1, 0.15) is 162 Å². The maximum Gasteiger partial charge on any atom is 0.472 e. The van der Waals surface area contributed by atoms with Crippen LogP contribution >= 0.6 is 7.82 Å². The van der Waals surface area contributed by atoms with Crippen LogP contribution in [0.3, 0.4) is 0 Å². The first-order chi connectivity index (χ1) is 24.5. The smallest absolute Gasteiger partial charge is 0.462 e. The summed E-state index contributed by atoms with van der Waals surface area (Å²) in [5.41, 5.74) is 0. The normalized spacial score (nSPS) is 14.1. The van der Waals surface area contributed by atoms with E-state index in [-0.39, 0.29) is 32.0 Å². The van der Waals surface area contributed by atoms with Gasteiger partial charge < -0.3 is 18.9 Å². The third-order valence-electron chi connectivity index (χ3n) is 8.39. The van der Waals surface area contributed by atoms with Gasteiger partial charge in [-0.15, -0.1) is 0 Å². The van der Waals surface area contributed by atoms with Gasteiger partial charge in [-0.3, -0.25) is 18.6 Å². The number of phosphoric ester groups is 1. The first kappa shape index (κ1) is 49.2. The Balaban J connectivity index is 4.46. The summed E-state index contributed by atoms with van der Waals surface area (Å²) >= 11 is 0. The average molecular weight is 743 g/mol. The van der Waals surface area contributed by atoms with Crippen molar-refractivity contribution in [3.8, 4) is 0 Å². The number of phosphoric acid groups is 1. The van der Waals surface area contributed by atoms with Gasteiger partial charge in [0, 0.05) is 12.8 Å². The van der Waals surface area contributed by atoms with Crippen molar-refractivity contribution in [3.63, 3.8) is 0 Å². The van der Waals surface area contributed by atoms with Gasteiger partial charge in [0.2, 0.25) is 0 Å². The zero-order chi connectivity index (χ0) is 37.9. The topological polar surface area (TPSA) is 108 Å². The SMILES string of the molecule is CCCCC/C=C/C/C=C/CCCCCCCC(=O)O[C@H](COC(=O)CCCCCCC/C=C/CCCCC)COP(=O)(O)OCC[N+](C)(C)C. The van der Waals surface area contributed by atoms with Crippen molar-refractivity contribution in [3.05, 3.63) is 36.5 Å². The molecule has 0 aliphatic heterocycles. The van der Waals surface area contributed by atoms with Crippen molar-refractivity contribution in [1.29, 1.82) is 0 Å². The Hall–Kier alpha value is -1.77. The number of carbonyl (C=O) groups is 2. The molecule has 0 aromatic heterocycles. The Morgan fingerprint density at radius 2 is 1.06 bits per heavy atom. The first-order valence-corrected chi connectivity index (χ1v) is 21.7. The Bertz CT molecular complexity index is 975. The summed E-state index contributed by atoms with van der Waals surface area (Å²) < 4.78 is 34.2. The van der Waals surface area contributed by atoms with Crippen LogP contribution in [-0.2, 0) is 32.7 Å². The highest BCUT2D eigenvalue weighted by atomic mass is 31.2. The number of quaternary nitrogens is 1. The zero-order valence-electron chi connectivity index (χ0n) is 33.3. The van der Waals surface area contributed by atoms with Gasteiger partial charge in [0.15, 0.2) is 6.10 Å². The summed E-state index contributed by atoms with van der Waals surface area (Å²) in [6, 6.07) is 0. The number of rotatable bonds is 36. The van der Waals surface area contributed by atoms with E-state index >= 15 is 0 Å². The van der Waals surface area contributed by atoms with E-state index in [0.29, 0.717) is 17.4 Å². The molecule has 0 saturated heterocycles. The largest absolute Gasteiger partial charge is 0.472 e. The number of likely N-dealkylation sites (N-methyl/N-ethyl adjacent to an activating group) is 1. The summed E-state index contributed by atoms with van der Waals surface area (Å²) in [5, 5.41) is 0. The van der Waals surface area contributed by atoms with Crippen LogP contribution in [0.5, 0.6) is 0 Å². The standard InChI is InChI=1S/C41H76NO8P/c1-6-8-10-12-14-16-18-20-21-22-24-26-28-30-32-34-41(44)50-39(38-49-51(45,46)48-36-35-42(3,4)5)37-47-40(43)33-31-29-27-25-23-19-17-15-13-11-9-7-2/h14-17,20-21,39H,6-13,18-19,22-38H2,1-5H3/p+1/b16-14+,17-15+,21-20+/t39-/m1/s1. The summed E-state index contributed by atoms with van der Waals surface area (Å²) in [5.74, 6) is -0.828. The lowest BCUT2D eigenvalue weighted by Gasteiger charge is -2.24. The van der Waals surface area contributed by atoms with Gasteiger partial charge in [-0.1, -0.05) is 115 Å². The van der Waals surface area contributed by atoms with Gasteiger partial charge in [0.05, 0.1) is 27.7 Å². The van der Waals surface area contributed by atoms with E-state index in [4.69, 9.17) is 18.5 Å². The van der Waals surface area contributed by atoms with Crippen LogP contribution in [0.25, 0.3) is 0 Å². The Morgan fingerprint density at radius 3 is 1.57 bits per heavy atom. The Kier molecular flexibility index (Phi) is 32.8. The molecule has 2 atom stereocenters. The van der Waals surface area contributed by atoms with Crippen LogP contribution in [0.4, 0.5) is 0 Å². The van der Waals surface area contributed by atoms with Crippen molar-refractivity contribution in [2.24, 2.45) is 0 Å². The lowest BCUT2D eigenvalue weighted by Crippen LogP contribution is -2.37. The highest BCUT2D eigenvalue weighted by Gasteiger charge is 2.27. The van der Waals surface area contributed by atoms with Gasteiger partial charge in [0.25, 0.3) is 0 Å². The molecule has 0 saturated carbocycles. The van der Waals surface area contributed by atoms with E-state index in [1.54, 1.807) is 0 Å². The number of carbonyl (C=O) groups excluding carboxylic acids is 2. The molecule has 9 nitrogen and oxygen atoms in total. The summed E-state index contributed by atoms with van der Waals surface area (Å²) in [6.45, 7) is 4.33. The quantitative estimate of drug-likeness (QED) is 0.0222. The fourth-order valence-corrected chi connectivity index (χ4v) is 5.90. The maximum absolute atomic E-state index is 12.6. The van der Waals surface area contributed by atoms with Crippen LogP contribution in [-0.4, -0.2) is 74.9 Å². The number of allylic oxidation sites excluding steroid dienone is 6. The van der Waals surface area contributed by atoms with Gasteiger partial charge in [-0.05, 0) is 70.6 Å². The van der Waals surface area contributed by atoms with Crippen LogP contribution in [0.15, 0.2) is 36.5 Å². The molecule has 298 valence electrons. The second-order valence-corrected chi connectivity index (χ2v) is 16.1. The van der Waals surface area contributed by atoms with Crippen molar-refractivity contribution in [1.82, 2.24) is 0 Å². The molecule has 0 rings (SSSR count). The molecule has 0 radical (unpaired) electrons. The van der Waals surface area contributed by atoms with Crippen LogP contribution in [0.2, 0.25) is 0 Å². The molecule has 0 heterocycles. The van der Waals surface area contributed by atoms with Crippen LogP contribution in [0, 0.1) is 0 Å². The van der Waals surface area contributed by atoms with E-state index < -0.39 is 26.5 Å². The number of unbranched alkanes of at least 4 members (excludes halogenated alkanes) is 16. The lowest BCUT2D eigenvalue weighted by molar-refractivity contribution is -0.870. The van der Waals surface area contributed by atoms with Crippen molar-refractivity contribution < 1.29 is 42.1 Å². The second kappa shape index (κ2) is 34.0. The van der Waals surface area contributed by atoms with Crippen molar-refractivity contribution in [2.75, 3.05) is 47.5 Å². The number of hydrogen-bond acceptors (Lipinski definition) is 7. The number of nitrogens with zero attached hydrogens (tertiary/aromatic N) is 1. The number of hydrogen-bond donors (Lipinski definition) is 1. The minimum Gasteiger partial charge on any atom is -0.462 e. The molecule has 0 aromatic carbocycles. The van der Waals surface area contributed by atoms with Crippen LogP contribution < -0.4 is 0 Å². The van der Waals surface area contributed by atoms with E-state index in [1.165, 1.54) is 51.4 Å². The van der Waals surface area contributed by atoms with Gasteiger partial charge in [-0.2, -0.15) is 0 Å². The predicted octanol–water partition coefficient (Wildman–Crippen LogP) is 11.0. The monoisotopic (exact) mass is 743 g/mol. The third-order valence-corrected chi connectivity index (χ3v) is 9.38. The predicted molar refractivity (Wildman–Crippen MR) is 210 cm³/mol. The fourth-order valence-electron chi connectivity index (χ4n) is 5.15. The van der Waals surface area contributed by atoms with Gasteiger partial charge >= 0.3 is 19.8 Å². The third kappa shape index (κ3) is 37.8. The highest BCUT2D eigenvalue weighted by Crippen LogP contribution is 2.43. The molecule has 0 amide bonds. The Morgan fingerprint density at radius 1 is 0.608 bits per heavy atom. The fraction of sp³-hybridized carbons (Fsp3) is 0.805. The average Bonchev–Trinajstić information content (AvgIpc) is 3.07. The van der Waals surface area contributed by atoms with Crippen molar-refractivity contribution in [2.45, 2.75) is 168 Å². The second-order valence-electron chi connectivity index (χ2n) is 14.7. The number of esters is 2. The summed E-state index contributed by atoms with van der Waals surface area (Å²) in [7, 11) is 1.46. The van der Waals surface area contributed by atoms with E-state index in [1.807, 2.05) is 21.1 Å².